The Kier molecular flexibility index (Phi) is 5.53. The molecule has 2 N–H and O–H groups in total. The fourth-order valence-electron chi connectivity index (χ4n) is 3.17. The lowest BCUT2D eigenvalue weighted by molar-refractivity contribution is -0.115. The van der Waals surface area contributed by atoms with Gasteiger partial charge in [0.25, 0.3) is 5.91 Å². The predicted molar refractivity (Wildman–Crippen MR) is 117 cm³/mol. The quantitative estimate of drug-likeness (QED) is 0.570. The van der Waals surface area contributed by atoms with E-state index in [0.29, 0.717) is 29.6 Å². The van der Waals surface area contributed by atoms with Gasteiger partial charge in [0.1, 0.15) is 6.61 Å². The Hall–Kier alpha value is -3.25. The van der Waals surface area contributed by atoms with Crippen LogP contribution in [0.1, 0.15) is 18.1 Å². The van der Waals surface area contributed by atoms with Gasteiger partial charge in [0.15, 0.2) is 16.7 Å². The first-order valence-electron chi connectivity index (χ1n) is 9.30. The van der Waals surface area contributed by atoms with Gasteiger partial charge in [0.2, 0.25) is 0 Å². The van der Waals surface area contributed by atoms with Gasteiger partial charge >= 0.3 is 0 Å². The van der Waals surface area contributed by atoms with Gasteiger partial charge in [-0.2, -0.15) is 0 Å². The molecule has 1 amide bonds. The van der Waals surface area contributed by atoms with Crippen molar-refractivity contribution >= 4 is 39.7 Å². The highest BCUT2D eigenvalue weighted by Crippen LogP contribution is 2.32. The molecule has 29 heavy (non-hydrogen) atoms. The number of carbonyl (C=O) groups is 1. The summed E-state index contributed by atoms with van der Waals surface area (Å²) in [7, 11) is 0. The van der Waals surface area contributed by atoms with Crippen molar-refractivity contribution in [2.75, 3.05) is 6.61 Å². The summed E-state index contributed by atoms with van der Waals surface area (Å²) in [5, 5.41) is 12.5. The molecular formula is C23H20N2O3S. The van der Waals surface area contributed by atoms with Gasteiger partial charge in [-0.25, -0.2) is 0 Å². The molecule has 0 aliphatic carbocycles. The number of amides is 1. The summed E-state index contributed by atoms with van der Waals surface area (Å²) in [6.07, 6.45) is 1.75. The highest BCUT2D eigenvalue weighted by Gasteiger charge is 2.22. The van der Waals surface area contributed by atoms with Crippen molar-refractivity contribution in [3.8, 4) is 11.5 Å². The molecule has 0 atom stereocenters. The van der Waals surface area contributed by atoms with Crippen LogP contribution in [0.5, 0.6) is 11.5 Å². The fraction of sp³-hybridized carbons (Fsp3) is 0.130. The van der Waals surface area contributed by atoms with Gasteiger partial charge in [-0.15, -0.1) is 0 Å². The van der Waals surface area contributed by atoms with Crippen LogP contribution in [0.15, 0.2) is 65.6 Å². The van der Waals surface area contributed by atoms with Crippen LogP contribution in [-0.4, -0.2) is 17.7 Å². The topological polar surface area (TPSA) is 71.4 Å². The zero-order valence-corrected chi connectivity index (χ0v) is 16.7. The minimum absolute atomic E-state index is 0.140. The number of thioether (sulfide) groups is 1. The first-order chi connectivity index (χ1) is 14.1. The van der Waals surface area contributed by atoms with Gasteiger partial charge in [-0.05, 0) is 58.8 Å². The summed E-state index contributed by atoms with van der Waals surface area (Å²) in [5.41, 5.74) is 1.92. The Morgan fingerprint density at radius 2 is 1.86 bits per heavy atom. The molecule has 1 aliphatic heterocycles. The first kappa shape index (κ1) is 19.1. The molecule has 1 fully saturated rings. The second kappa shape index (κ2) is 8.41. The molecule has 6 heteroatoms. The number of rotatable bonds is 6. The van der Waals surface area contributed by atoms with Crippen molar-refractivity contribution in [1.82, 2.24) is 5.32 Å². The Bertz CT molecular complexity index is 1120. The number of hydrogen-bond donors (Lipinski definition) is 2. The Labute approximate surface area is 173 Å². The Balaban J connectivity index is 1.58. The van der Waals surface area contributed by atoms with Crippen LogP contribution in [0.4, 0.5) is 0 Å². The molecule has 0 unspecified atom stereocenters. The van der Waals surface area contributed by atoms with Gasteiger partial charge in [-0.3, -0.25) is 10.2 Å². The lowest BCUT2D eigenvalue weighted by Crippen LogP contribution is -2.18. The van der Waals surface area contributed by atoms with Crippen molar-refractivity contribution in [2.24, 2.45) is 0 Å². The van der Waals surface area contributed by atoms with E-state index >= 15 is 0 Å². The largest absolute Gasteiger partial charge is 0.490 e. The van der Waals surface area contributed by atoms with Gasteiger partial charge < -0.3 is 14.8 Å². The summed E-state index contributed by atoms with van der Waals surface area (Å²) < 4.78 is 11.8. The third kappa shape index (κ3) is 4.27. The molecule has 146 valence electrons. The van der Waals surface area contributed by atoms with Crippen LogP contribution >= 0.6 is 11.8 Å². The second-order valence-electron chi connectivity index (χ2n) is 6.46. The van der Waals surface area contributed by atoms with E-state index in [1.54, 1.807) is 6.08 Å². The number of amidine groups is 1. The Morgan fingerprint density at radius 1 is 1.03 bits per heavy atom. The van der Waals surface area contributed by atoms with E-state index in [-0.39, 0.29) is 11.1 Å². The van der Waals surface area contributed by atoms with E-state index in [9.17, 15) is 4.79 Å². The maximum absolute atomic E-state index is 11.8. The van der Waals surface area contributed by atoms with Gasteiger partial charge in [-0.1, -0.05) is 48.5 Å². The summed E-state index contributed by atoms with van der Waals surface area (Å²) in [4.78, 5) is 12.3. The number of benzene rings is 3. The Morgan fingerprint density at radius 3 is 2.66 bits per heavy atom. The van der Waals surface area contributed by atoms with Crippen molar-refractivity contribution in [3.05, 3.63) is 76.7 Å². The molecule has 0 spiro atoms. The van der Waals surface area contributed by atoms with Crippen LogP contribution in [0, 0.1) is 5.41 Å². The standard InChI is InChI=1S/C23H20N2O3S/c1-2-27-20-12-15(13-21-22(26)25-23(24)29-21)10-11-19(20)28-14-17-8-5-7-16-6-3-4-9-18(16)17/h3-13H,2,14H2,1H3,(H2,24,25,26). The normalized spacial score (nSPS) is 15.0. The molecule has 0 bridgehead atoms. The number of carbonyl (C=O) groups excluding carboxylic acids is 1. The van der Waals surface area contributed by atoms with Crippen LogP contribution < -0.4 is 14.8 Å². The first-order valence-corrected chi connectivity index (χ1v) is 10.1. The average molecular weight is 404 g/mol. The summed E-state index contributed by atoms with van der Waals surface area (Å²) >= 11 is 1.11. The van der Waals surface area contributed by atoms with Crippen LogP contribution in [0.3, 0.4) is 0 Å². The SMILES string of the molecule is CCOc1cc(C=C2SC(=N)NC2=O)ccc1OCc1cccc2ccccc12. The van der Waals surface area contributed by atoms with Crippen molar-refractivity contribution in [2.45, 2.75) is 13.5 Å². The molecule has 0 radical (unpaired) electrons. The lowest BCUT2D eigenvalue weighted by Gasteiger charge is -2.14. The minimum atomic E-state index is -0.255. The summed E-state index contributed by atoms with van der Waals surface area (Å²) in [6.45, 7) is 2.85. The molecule has 1 saturated heterocycles. The van der Waals surface area contributed by atoms with Crippen molar-refractivity contribution in [3.63, 3.8) is 0 Å². The monoisotopic (exact) mass is 404 g/mol. The van der Waals surface area contributed by atoms with Gasteiger partial charge in [0, 0.05) is 0 Å². The molecule has 1 heterocycles. The molecule has 0 aromatic heterocycles. The van der Waals surface area contributed by atoms with E-state index in [1.807, 2.05) is 43.3 Å². The fourth-order valence-corrected chi connectivity index (χ4v) is 3.87. The molecular weight excluding hydrogens is 384 g/mol. The maximum atomic E-state index is 11.8. The summed E-state index contributed by atoms with van der Waals surface area (Å²) in [6, 6.07) is 20.0. The zero-order chi connectivity index (χ0) is 20.2. The van der Waals surface area contributed by atoms with Crippen LogP contribution in [-0.2, 0) is 11.4 Å². The second-order valence-corrected chi connectivity index (χ2v) is 7.51. The highest BCUT2D eigenvalue weighted by atomic mass is 32.2. The van der Waals surface area contributed by atoms with Crippen molar-refractivity contribution < 1.29 is 14.3 Å². The smallest absolute Gasteiger partial charge is 0.264 e. The minimum Gasteiger partial charge on any atom is -0.490 e. The lowest BCUT2D eigenvalue weighted by atomic mass is 10.1. The van der Waals surface area contributed by atoms with E-state index in [0.717, 1.165) is 22.9 Å². The molecule has 1 aliphatic rings. The number of ether oxygens (including phenoxy) is 2. The van der Waals surface area contributed by atoms with Crippen molar-refractivity contribution in [1.29, 1.82) is 5.41 Å². The van der Waals surface area contributed by atoms with Gasteiger partial charge in [0.05, 0.1) is 11.5 Å². The van der Waals surface area contributed by atoms with E-state index in [4.69, 9.17) is 14.9 Å². The highest BCUT2D eigenvalue weighted by molar-refractivity contribution is 8.18. The van der Waals surface area contributed by atoms with E-state index in [1.165, 1.54) is 10.8 Å². The zero-order valence-electron chi connectivity index (χ0n) is 15.9. The number of fused-ring (bicyclic) bond motifs is 1. The third-order valence-corrected chi connectivity index (χ3v) is 5.32. The molecule has 3 aromatic rings. The molecule has 3 aromatic carbocycles. The van der Waals surface area contributed by atoms with Crippen LogP contribution in [0.25, 0.3) is 16.8 Å². The summed E-state index contributed by atoms with van der Waals surface area (Å²) in [5.74, 6) is 1.02. The number of nitrogens with one attached hydrogen (secondary N) is 2. The average Bonchev–Trinajstić information content (AvgIpc) is 3.04. The number of hydrogen-bond acceptors (Lipinski definition) is 5. The molecule has 0 saturated carbocycles. The third-order valence-electron chi connectivity index (χ3n) is 4.49. The van der Waals surface area contributed by atoms with Crippen LogP contribution in [0.2, 0.25) is 0 Å². The van der Waals surface area contributed by atoms with E-state index < -0.39 is 0 Å². The predicted octanol–water partition coefficient (Wildman–Crippen LogP) is 4.96. The molecule has 5 nitrogen and oxygen atoms in total. The maximum Gasteiger partial charge on any atom is 0.264 e. The molecule has 4 rings (SSSR count). The van der Waals surface area contributed by atoms with E-state index in [2.05, 4.69) is 29.6 Å².